The lowest BCUT2D eigenvalue weighted by Gasteiger charge is -2.11. The predicted molar refractivity (Wildman–Crippen MR) is 80.3 cm³/mol. The summed E-state index contributed by atoms with van der Waals surface area (Å²) >= 11 is 3.39. The molecule has 1 rings (SSSR count). The van der Waals surface area contributed by atoms with Crippen LogP contribution in [0.1, 0.15) is 5.56 Å². The summed E-state index contributed by atoms with van der Waals surface area (Å²) in [4.78, 5) is 11.6. The minimum absolute atomic E-state index is 0.0214. The fraction of sp³-hybridized carbons (Fsp3) is 0.500. The van der Waals surface area contributed by atoms with Gasteiger partial charge in [0.15, 0.2) is 6.54 Å². The van der Waals surface area contributed by atoms with Crippen LogP contribution in [0.5, 0.6) is 0 Å². The molecular formula is C14H22BrN2O3+. The van der Waals surface area contributed by atoms with Crippen LogP contribution in [0.25, 0.3) is 0 Å². The molecule has 0 aliphatic heterocycles. The maximum Gasteiger partial charge on any atom is 0.275 e. The van der Waals surface area contributed by atoms with Crippen LogP contribution in [0.3, 0.4) is 0 Å². The summed E-state index contributed by atoms with van der Waals surface area (Å²) in [6.45, 7) is 1.63. The van der Waals surface area contributed by atoms with Gasteiger partial charge in [-0.15, -0.1) is 0 Å². The van der Waals surface area contributed by atoms with Gasteiger partial charge in [-0.3, -0.25) is 4.79 Å². The van der Waals surface area contributed by atoms with E-state index >= 15 is 0 Å². The molecule has 0 heterocycles. The maximum absolute atomic E-state index is 11.6. The molecule has 5 nitrogen and oxygen atoms in total. The minimum atomic E-state index is -0.273. The van der Waals surface area contributed by atoms with E-state index in [4.69, 9.17) is 9.47 Å². The van der Waals surface area contributed by atoms with Crippen molar-refractivity contribution in [3.63, 3.8) is 0 Å². The largest absolute Gasteiger partial charge is 0.351 e. The summed E-state index contributed by atoms with van der Waals surface area (Å²) in [6.07, 6.45) is 0.559. The molecular weight excluding hydrogens is 324 g/mol. The van der Waals surface area contributed by atoms with Crippen LogP contribution >= 0.6 is 15.9 Å². The summed E-state index contributed by atoms with van der Waals surface area (Å²) in [5.41, 5.74) is 1.20. The van der Waals surface area contributed by atoms with Gasteiger partial charge in [0.2, 0.25) is 6.29 Å². The number of rotatable bonds is 9. The molecule has 0 spiro atoms. The highest BCUT2D eigenvalue weighted by Gasteiger charge is 2.09. The number of carbonyl (C=O) groups excluding carboxylic acids is 1. The molecule has 1 aromatic rings. The van der Waals surface area contributed by atoms with Crippen LogP contribution in [-0.2, 0) is 20.7 Å². The molecule has 0 bridgehead atoms. The van der Waals surface area contributed by atoms with Gasteiger partial charge in [0.25, 0.3) is 5.91 Å². The molecule has 0 saturated heterocycles. The quantitative estimate of drug-likeness (QED) is 0.632. The van der Waals surface area contributed by atoms with Crippen molar-refractivity contribution in [1.29, 1.82) is 0 Å². The van der Waals surface area contributed by atoms with Crippen LogP contribution in [0.15, 0.2) is 28.7 Å². The molecule has 0 aromatic heterocycles. The molecule has 0 atom stereocenters. The van der Waals surface area contributed by atoms with E-state index in [9.17, 15) is 4.79 Å². The van der Waals surface area contributed by atoms with E-state index in [1.165, 1.54) is 5.56 Å². The van der Waals surface area contributed by atoms with Gasteiger partial charge in [-0.2, -0.15) is 0 Å². The lowest BCUT2D eigenvalue weighted by molar-refractivity contribution is -0.657. The molecule has 0 aliphatic rings. The van der Waals surface area contributed by atoms with Crippen molar-refractivity contribution in [2.24, 2.45) is 0 Å². The molecule has 1 amide bonds. The van der Waals surface area contributed by atoms with Crippen molar-refractivity contribution in [3.8, 4) is 0 Å². The Hall–Kier alpha value is -0.950. The number of quaternary nitrogens is 1. The number of nitrogens with two attached hydrogens (primary N) is 1. The molecule has 112 valence electrons. The number of nitrogens with one attached hydrogen (secondary N) is 1. The first-order valence-electron chi connectivity index (χ1n) is 6.54. The Morgan fingerprint density at radius 3 is 2.55 bits per heavy atom. The SMILES string of the molecule is COC(C[NH2+]CC(=O)NCCc1ccc(Br)cc1)OC. The molecule has 0 radical (unpaired) electrons. The lowest BCUT2D eigenvalue weighted by atomic mass is 10.1. The van der Waals surface area contributed by atoms with Crippen molar-refractivity contribution in [2.75, 3.05) is 33.9 Å². The van der Waals surface area contributed by atoms with E-state index in [-0.39, 0.29) is 12.2 Å². The molecule has 1 aromatic carbocycles. The zero-order chi connectivity index (χ0) is 14.8. The van der Waals surface area contributed by atoms with E-state index in [1.807, 2.05) is 29.6 Å². The first-order chi connectivity index (χ1) is 9.65. The van der Waals surface area contributed by atoms with E-state index in [0.717, 1.165) is 10.9 Å². The van der Waals surface area contributed by atoms with Gasteiger partial charge < -0.3 is 20.1 Å². The first kappa shape index (κ1) is 17.1. The van der Waals surface area contributed by atoms with Crippen LogP contribution < -0.4 is 10.6 Å². The highest BCUT2D eigenvalue weighted by molar-refractivity contribution is 9.10. The smallest absolute Gasteiger partial charge is 0.275 e. The van der Waals surface area contributed by atoms with Gasteiger partial charge in [0.05, 0.1) is 0 Å². The molecule has 0 saturated carbocycles. The normalized spacial score (nSPS) is 10.8. The standard InChI is InChI=1S/C14H21BrN2O3/c1-19-14(20-2)10-16-9-13(18)17-8-7-11-3-5-12(15)6-4-11/h3-6,14,16H,7-10H2,1-2H3,(H,17,18)/p+1. The fourth-order valence-corrected chi connectivity index (χ4v) is 1.97. The van der Waals surface area contributed by atoms with Crippen molar-refractivity contribution < 1.29 is 19.6 Å². The number of amides is 1. The predicted octanol–water partition coefficient (Wildman–Crippen LogP) is 0.290. The summed E-state index contributed by atoms with van der Waals surface area (Å²) in [5, 5.41) is 4.76. The minimum Gasteiger partial charge on any atom is -0.351 e. The zero-order valence-corrected chi connectivity index (χ0v) is 13.5. The van der Waals surface area contributed by atoms with Crippen molar-refractivity contribution in [2.45, 2.75) is 12.7 Å². The number of hydrogen-bond acceptors (Lipinski definition) is 3. The summed E-state index contributed by atoms with van der Waals surface area (Å²) in [6, 6.07) is 8.09. The fourth-order valence-electron chi connectivity index (χ4n) is 1.71. The Balaban J connectivity index is 2.12. The first-order valence-corrected chi connectivity index (χ1v) is 7.33. The molecule has 6 heteroatoms. The highest BCUT2D eigenvalue weighted by atomic mass is 79.9. The van der Waals surface area contributed by atoms with E-state index in [2.05, 4.69) is 21.2 Å². The third-order valence-electron chi connectivity index (χ3n) is 2.86. The summed E-state index contributed by atoms with van der Waals surface area (Å²) in [5.74, 6) is 0.0214. The van der Waals surface area contributed by atoms with Crippen molar-refractivity contribution >= 4 is 21.8 Å². The lowest BCUT2D eigenvalue weighted by Crippen LogP contribution is -2.88. The second-order valence-electron chi connectivity index (χ2n) is 4.36. The van der Waals surface area contributed by atoms with Gasteiger partial charge in [-0.05, 0) is 24.1 Å². The van der Waals surface area contributed by atoms with Crippen LogP contribution in [0.2, 0.25) is 0 Å². The second kappa shape index (κ2) is 9.88. The Labute approximate surface area is 128 Å². The van der Waals surface area contributed by atoms with Gasteiger partial charge in [0, 0.05) is 25.2 Å². The topological polar surface area (TPSA) is 64.2 Å². The summed E-state index contributed by atoms with van der Waals surface area (Å²) < 4.78 is 11.1. The highest BCUT2D eigenvalue weighted by Crippen LogP contribution is 2.10. The second-order valence-corrected chi connectivity index (χ2v) is 5.27. The van der Waals surface area contributed by atoms with E-state index < -0.39 is 0 Å². The third kappa shape index (κ3) is 7.00. The van der Waals surface area contributed by atoms with Crippen molar-refractivity contribution in [1.82, 2.24) is 5.32 Å². The molecule has 0 fully saturated rings. The number of hydrogen-bond donors (Lipinski definition) is 2. The number of methoxy groups -OCH3 is 2. The molecule has 3 N–H and O–H groups in total. The molecule has 0 unspecified atom stereocenters. The van der Waals surface area contributed by atoms with Gasteiger partial charge >= 0.3 is 0 Å². The summed E-state index contributed by atoms with van der Waals surface area (Å²) in [7, 11) is 3.17. The Morgan fingerprint density at radius 1 is 1.30 bits per heavy atom. The molecule has 20 heavy (non-hydrogen) atoms. The Kier molecular flexibility index (Phi) is 8.45. The van der Waals surface area contributed by atoms with Gasteiger partial charge in [-0.25, -0.2) is 0 Å². The van der Waals surface area contributed by atoms with Crippen LogP contribution in [0, 0.1) is 0 Å². The van der Waals surface area contributed by atoms with Crippen LogP contribution in [0.4, 0.5) is 0 Å². The average Bonchev–Trinajstić information content (AvgIpc) is 2.46. The zero-order valence-electron chi connectivity index (χ0n) is 11.9. The molecule has 0 aliphatic carbocycles. The van der Waals surface area contributed by atoms with Crippen molar-refractivity contribution in [3.05, 3.63) is 34.3 Å². The van der Waals surface area contributed by atoms with Gasteiger partial charge in [0.1, 0.15) is 6.54 Å². The number of ether oxygens (including phenoxy) is 2. The average molecular weight is 346 g/mol. The number of carbonyl (C=O) groups is 1. The third-order valence-corrected chi connectivity index (χ3v) is 3.39. The van der Waals surface area contributed by atoms with Crippen LogP contribution in [-0.4, -0.2) is 46.1 Å². The Bertz CT molecular complexity index is 394. The van der Waals surface area contributed by atoms with E-state index in [1.54, 1.807) is 14.2 Å². The maximum atomic E-state index is 11.6. The Morgan fingerprint density at radius 2 is 1.95 bits per heavy atom. The number of halogens is 1. The van der Waals surface area contributed by atoms with Gasteiger partial charge in [-0.1, -0.05) is 28.1 Å². The monoisotopic (exact) mass is 345 g/mol. The number of benzene rings is 1. The van der Waals surface area contributed by atoms with E-state index in [0.29, 0.717) is 19.6 Å².